The normalized spacial score (nSPS) is 10.2. The van der Waals surface area contributed by atoms with Crippen LogP contribution in [0.25, 0.3) is 0 Å². The van der Waals surface area contributed by atoms with Gasteiger partial charge in [0, 0.05) is 0 Å². The van der Waals surface area contributed by atoms with Crippen molar-refractivity contribution in [1.29, 1.82) is 0 Å². The van der Waals surface area contributed by atoms with E-state index in [-0.39, 0.29) is 76.3 Å². The minimum atomic E-state index is -5.75. The van der Waals surface area contributed by atoms with Crippen LogP contribution in [0.15, 0.2) is 0 Å². The van der Waals surface area contributed by atoms with Crippen LogP contribution < -0.4 is 25.1 Å². The third-order valence-corrected chi connectivity index (χ3v) is 0. The zero-order valence-electron chi connectivity index (χ0n) is 6.76. The van der Waals surface area contributed by atoms with Gasteiger partial charge in [0.2, 0.25) is 0 Å². The van der Waals surface area contributed by atoms with Crippen molar-refractivity contribution in [3.8, 4) is 0 Å². The van der Waals surface area contributed by atoms with E-state index in [1.807, 2.05) is 0 Å². The molecule has 0 aliphatic heterocycles. The van der Waals surface area contributed by atoms with Crippen LogP contribution in [0, 0.1) is 76.3 Å². The van der Waals surface area contributed by atoms with E-state index in [2.05, 4.69) is 0 Å². The number of hydrogen-bond acceptors (Lipinski definition) is 12. The van der Waals surface area contributed by atoms with Crippen molar-refractivity contribution in [2.75, 3.05) is 0 Å². The Bertz CT molecular complexity index is 341. The molecule has 12 nitrogen and oxygen atoms in total. The van der Waals surface area contributed by atoms with Crippen molar-refractivity contribution in [3.05, 3.63) is 0 Å². The van der Waals surface area contributed by atoms with Gasteiger partial charge in [-0.2, -0.15) is 0 Å². The Morgan fingerprint density at radius 2 is 0.412 bits per heavy atom. The van der Waals surface area contributed by atoms with Gasteiger partial charge in [-0.25, -0.2) is 0 Å². The molecule has 17 heavy (non-hydrogen) atoms. The van der Waals surface area contributed by atoms with Crippen molar-refractivity contribution < 1.29 is 124 Å². The molecule has 0 fully saturated rings. The molecule has 0 aromatic carbocycles. The van der Waals surface area contributed by atoms with Gasteiger partial charge in [-0.3, -0.25) is 0 Å². The molecule has 0 N–H and O–H groups in total. The van der Waals surface area contributed by atoms with Gasteiger partial charge in [-0.15, -0.1) is 0 Å². The summed E-state index contributed by atoms with van der Waals surface area (Å²) in [5.41, 5.74) is 0. The van der Waals surface area contributed by atoms with Crippen molar-refractivity contribution in [1.82, 2.24) is 0 Å². The molecule has 0 heterocycles. The van der Waals surface area contributed by atoms with Crippen molar-refractivity contribution in [2.45, 2.75) is 0 Å². The van der Waals surface area contributed by atoms with Crippen LogP contribution in [0.1, 0.15) is 0 Å². The molecule has 17 heteroatoms. The van der Waals surface area contributed by atoms with Crippen LogP contribution in [0.4, 0.5) is 0 Å². The molecule has 0 aromatic heterocycles. The van der Waals surface area contributed by atoms with Gasteiger partial charge in [-0.05, 0) is 0 Å². The van der Waals surface area contributed by atoms with E-state index in [1.165, 1.54) is 0 Å². The molecule has 0 aromatic rings. The Morgan fingerprint density at radius 1 is 0.412 bits per heavy atom. The van der Waals surface area contributed by atoms with E-state index >= 15 is 0 Å². The Morgan fingerprint density at radius 3 is 0.412 bits per heavy atom. The first kappa shape index (κ1) is 31.9. The number of hydrogen-bond donors (Lipinski definition) is 0. The van der Waals surface area contributed by atoms with Crippen LogP contribution >= 0.6 is 0 Å². The van der Waals surface area contributed by atoms with Crippen LogP contribution in [-0.2, 0) is 23.0 Å². The van der Waals surface area contributed by atoms with Crippen LogP contribution in [0.2, 0.25) is 0 Å². The Balaban J connectivity index is -0.0000000400. The molecule has 0 saturated carbocycles. The fraction of sp³-hybridized carbons (Fsp3) is 0. The Labute approximate surface area is 161 Å². The molecule has 0 amide bonds. The van der Waals surface area contributed by atoms with E-state index in [4.69, 9.17) is 48.1 Å². The molecule has 0 rings (SSSR count). The summed E-state index contributed by atoms with van der Waals surface area (Å²) in [5, 5.41) is 0. The van der Waals surface area contributed by atoms with Crippen molar-refractivity contribution >= 4 is 40.1 Å². The molecule has 0 saturated heterocycles. The maximum atomic E-state index is 8.59. The topological polar surface area (TPSA) is 241 Å². The van der Waals surface area contributed by atoms with Crippen LogP contribution in [-0.4, -0.2) is 40.1 Å². The summed E-state index contributed by atoms with van der Waals surface area (Å²) in [5.74, 6) is 0. The van der Waals surface area contributed by atoms with Gasteiger partial charge in [0.1, 0.15) is 0 Å². The first-order valence-electron chi connectivity index (χ1n) is 2.00. The predicted molar refractivity (Wildman–Crippen MR) is 21.4 cm³/mol. The average Bonchev–Trinajstić information content (AvgIpc) is 1.41. The molecule has 110 valence electrons. The number of rotatable bonds is 0. The maximum Gasteiger partial charge on any atom is 3.00 e. The van der Waals surface area contributed by atoms with Gasteiger partial charge < -0.3 is 0 Å². The van der Waals surface area contributed by atoms with Crippen LogP contribution in [0.3, 0.4) is 0 Å². The third-order valence-electron chi connectivity index (χ3n) is 0. The summed E-state index contributed by atoms with van der Waals surface area (Å²) in [7, 11) is 0. The standard InChI is InChI=1S/2Dy.3H2O4Se/c;;3*1-5(2,3)4/h;;3*(H2,1,2,3,4)/q2*+3;;;/p-6. The van der Waals surface area contributed by atoms with E-state index < -0.39 is 40.1 Å². The first-order valence-corrected chi connectivity index (χ1v) is 10.4. The fourth-order valence-electron chi connectivity index (χ4n) is 0. The second kappa shape index (κ2) is 13.6. The third kappa shape index (κ3) is 730. The minimum absolute atomic E-state index is 0. The summed E-state index contributed by atoms with van der Waals surface area (Å²) in [4.78, 5) is 0. The average molecular weight is 754 g/mol. The van der Waals surface area contributed by atoms with Crippen molar-refractivity contribution in [2.24, 2.45) is 0 Å². The molecule has 0 aliphatic rings. The van der Waals surface area contributed by atoms with Crippen molar-refractivity contribution in [3.63, 3.8) is 0 Å². The second-order valence-corrected chi connectivity index (χ2v) is 6.36. The summed E-state index contributed by atoms with van der Waals surface area (Å²) in [6.45, 7) is 0. The summed E-state index contributed by atoms with van der Waals surface area (Å²) >= 11 is -17.2. The summed E-state index contributed by atoms with van der Waals surface area (Å²) in [6.07, 6.45) is 0. The Kier molecular flexibility index (Phi) is 25.6. The smallest absolute Gasteiger partial charge is 3.00 e. The minimum Gasteiger partial charge on any atom is 3.00 e. The molecule has 0 aliphatic carbocycles. The van der Waals surface area contributed by atoms with E-state index in [1.54, 1.807) is 0 Å². The monoisotopic (exact) mass is 760 g/mol. The van der Waals surface area contributed by atoms with E-state index in [0.29, 0.717) is 0 Å². The molecule has 0 bridgehead atoms. The molecule has 2 radical (unpaired) electrons. The molecular formula is Dy2O12Se3. The van der Waals surface area contributed by atoms with E-state index in [9.17, 15) is 0 Å². The molecular weight excluding hydrogens is 754 g/mol. The Hall–Kier alpha value is 2.66. The van der Waals surface area contributed by atoms with Gasteiger partial charge >= 0.3 is 165 Å². The molecule has 0 spiro atoms. The molecule has 0 unspecified atom stereocenters. The first-order chi connectivity index (χ1) is 6.00. The quantitative estimate of drug-likeness (QED) is 0.210. The maximum absolute atomic E-state index is 8.59. The van der Waals surface area contributed by atoms with Gasteiger partial charge in [-0.1, -0.05) is 0 Å². The summed E-state index contributed by atoms with van der Waals surface area (Å²) in [6, 6.07) is 0. The largest absolute Gasteiger partial charge is 3.00 e. The molecule has 0 atom stereocenters. The predicted octanol–water partition coefficient (Wildman–Crippen LogP) is -8.99. The van der Waals surface area contributed by atoms with Crippen LogP contribution in [0.5, 0.6) is 0 Å². The van der Waals surface area contributed by atoms with Gasteiger partial charge in [0.25, 0.3) is 0 Å². The van der Waals surface area contributed by atoms with E-state index in [0.717, 1.165) is 0 Å². The second-order valence-electron chi connectivity index (χ2n) is 1.22. The SMILES string of the molecule is O=[Se](=O)([O-])[O-].O=[Se](=O)([O-])[O-].O=[Se](=O)([O-])[O-].[Dy+3].[Dy+3]. The zero-order valence-corrected chi connectivity index (χ0v) is 16.0. The summed E-state index contributed by atoms with van der Waals surface area (Å²) < 4.78 is 103. The van der Waals surface area contributed by atoms with Gasteiger partial charge in [0.05, 0.1) is 0 Å². The fourth-order valence-corrected chi connectivity index (χ4v) is 0. The zero-order chi connectivity index (χ0) is 13.5. The van der Waals surface area contributed by atoms with Gasteiger partial charge in [0.15, 0.2) is 0 Å².